The first kappa shape index (κ1) is 19.1. The van der Waals surface area contributed by atoms with E-state index in [1.54, 1.807) is 6.07 Å². The van der Waals surface area contributed by atoms with Gasteiger partial charge in [-0.15, -0.1) is 0 Å². The Balaban J connectivity index is 1.38. The van der Waals surface area contributed by atoms with Crippen molar-refractivity contribution in [1.29, 1.82) is 0 Å². The molecule has 1 aromatic rings. The Morgan fingerprint density at radius 2 is 1.88 bits per heavy atom. The Bertz CT molecular complexity index is 585. The second-order valence-corrected chi connectivity index (χ2v) is 7.11. The first-order valence-corrected chi connectivity index (χ1v) is 9.50. The summed E-state index contributed by atoms with van der Waals surface area (Å²) in [6, 6.07) is 6.79. The van der Waals surface area contributed by atoms with Gasteiger partial charge in [-0.3, -0.25) is 9.80 Å². The van der Waals surface area contributed by atoms with Crippen LogP contribution in [0.15, 0.2) is 24.3 Å². The lowest BCUT2D eigenvalue weighted by atomic mass is 10.0. The van der Waals surface area contributed by atoms with Crippen molar-refractivity contribution in [3.63, 3.8) is 0 Å². The van der Waals surface area contributed by atoms with E-state index in [4.69, 9.17) is 5.11 Å². The average Bonchev–Trinajstić information content (AvgIpc) is 2.67. The lowest BCUT2D eigenvalue weighted by Crippen LogP contribution is -2.54. The summed E-state index contributed by atoms with van der Waals surface area (Å²) < 4.78 is 13.2. The molecule has 2 heterocycles. The third kappa shape index (κ3) is 5.16. The lowest BCUT2D eigenvalue weighted by Gasteiger charge is -2.42. The van der Waals surface area contributed by atoms with Gasteiger partial charge in [-0.05, 0) is 30.5 Å². The van der Waals surface area contributed by atoms with E-state index in [9.17, 15) is 9.18 Å². The number of β-amino-alcohol motifs (C(OH)–C–C–N with tert-alkyl or cyclic N) is 1. The molecule has 0 radical (unpaired) electrons. The van der Waals surface area contributed by atoms with E-state index in [1.165, 1.54) is 12.1 Å². The Labute approximate surface area is 154 Å². The molecule has 2 amide bonds. The number of urea groups is 1. The van der Waals surface area contributed by atoms with Crippen LogP contribution < -0.4 is 5.32 Å². The minimum Gasteiger partial charge on any atom is -0.395 e. The number of likely N-dealkylation sites (tertiary alicyclic amines) is 1. The summed E-state index contributed by atoms with van der Waals surface area (Å²) in [5.41, 5.74) is 0.772. The quantitative estimate of drug-likeness (QED) is 0.822. The molecule has 3 rings (SSSR count). The number of benzene rings is 1. The van der Waals surface area contributed by atoms with Crippen molar-refractivity contribution in [2.45, 2.75) is 25.4 Å². The zero-order chi connectivity index (χ0) is 18.4. The fourth-order valence-corrected chi connectivity index (χ4v) is 3.86. The van der Waals surface area contributed by atoms with E-state index in [2.05, 4.69) is 15.1 Å². The molecule has 0 aliphatic carbocycles. The van der Waals surface area contributed by atoms with Crippen molar-refractivity contribution in [1.82, 2.24) is 20.0 Å². The minimum atomic E-state index is -0.281. The number of carbonyl (C=O) groups is 1. The monoisotopic (exact) mass is 364 g/mol. The van der Waals surface area contributed by atoms with Crippen LogP contribution in [0, 0.1) is 5.82 Å². The van der Waals surface area contributed by atoms with Crippen LogP contribution in [0.2, 0.25) is 0 Å². The molecular weight excluding hydrogens is 335 g/mol. The molecule has 1 aromatic carbocycles. The Hall–Kier alpha value is -1.70. The predicted molar refractivity (Wildman–Crippen MR) is 98.3 cm³/mol. The number of rotatable bonds is 5. The second kappa shape index (κ2) is 9.30. The van der Waals surface area contributed by atoms with Crippen LogP contribution >= 0.6 is 0 Å². The van der Waals surface area contributed by atoms with Gasteiger partial charge in [0.25, 0.3) is 0 Å². The van der Waals surface area contributed by atoms with E-state index in [-0.39, 0.29) is 18.5 Å². The molecule has 0 spiro atoms. The van der Waals surface area contributed by atoms with Crippen LogP contribution in [0.3, 0.4) is 0 Å². The van der Waals surface area contributed by atoms with Crippen LogP contribution in [0.5, 0.6) is 0 Å². The van der Waals surface area contributed by atoms with Gasteiger partial charge in [0.2, 0.25) is 0 Å². The summed E-state index contributed by atoms with van der Waals surface area (Å²) >= 11 is 0. The lowest BCUT2D eigenvalue weighted by molar-refractivity contribution is 0.0587. The van der Waals surface area contributed by atoms with Gasteiger partial charge in [0, 0.05) is 58.4 Å². The molecular formula is C19H29FN4O2. The summed E-state index contributed by atoms with van der Waals surface area (Å²) in [4.78, 5) is 19.0. The van der Waals surface area contributed by atoms with Gasteiger partial charge in [0.15, 0.2) is 0 Å². The van der Waals surface area contributed by atoms with Gasteiger partial charge in [0.05, 0.1) is 6.61 Å². The molecule has 144 valence electrons. The zero-order valence-corrected chi connectivity index (χ0v) is 15.2. The Kier molecular flexibility index (Phi) is 6.82. The van der Waals surface area contributed by atoms with Crippen LogP contribution in [0.4, 0.5) is 9.18 Å². The van der Waals surface area contributed by atoms with Crippen molar-refractivity contribution in [3.05, 3.63) is 35.6 Å². The van der Waals surface area contributed by atoms with Crippen LogP contribution in [0.25, 0.3) is 0 Å². The minimum absolute atomic E-state index is 0.0690. The number of hydrogen-bond donors (Lipinski definition) is 2. The maximum atomic E-state index is 13.2. The van der Waals surface area contributed by atoms with Crippen molar-refractivity contribution < 1.29 is 14.3 Å². The molecule has 2 saturated heterocycles. The number of aliphatic hydroxyl groups is 1. The highest BCUT2D eigenvalue weighted by Crippen LogP contribution is 2.18. The van der Waals surface area contributed by atoms with Crippen molar-refractivity contribution in [2.24, 2.45) is 0 Å². The smallest absolute Gasteiger partial charge is 0.317 e. The van der Waals surface area contributed by atoms with E-state index in [0.29, 0.717) is 12.6 Å². The summed E-state index contributed by atoms with van der Waals surface area (Å²) in [6.07, 6.45) is 1.99. The van der Waals surface area contributed by atoms with Crippen molar-refractivity contribution in [2.75, 3.05) is 52.4 Å². The van der Waals surface area contributed by atoms with Gasteiger partial charge in [-0.2, -0.15) is 0 Å². The van der Waals surface area contributed by atoms with E-state index < -0.39 is 0 Å². The molecule has 6 nitrogen and oxygen atoms in total. The number of hydrogen-bond acceptors (Lipinski definition) is 4. The van der Waals surface area contributed by atoms with Gasteiger partial charge < -0.3 is 15.3 Å². The molecule has 2 aliphatic rings. The predicted octanol–water partition coefficient (Wildman–Crippen LogP) is 1.11. The highest BCUT2D eigenvalue weighted by atomic mass is 19.1. The summed E-state index contributed by atoms with van der Waals surface area (Å²) in [5, 5.41) is 11.9. The molecule has 2 N–H and O–H groups in total. The van der Waals surface area contributed by atoms with Crippen LogP contribution in [0.1, 0.15) is 18.4 Å². The van der Waals surface area contributed by atoms with Gasteiger partial charge in [0.1, 0.15) is 5.82 Å². The van der Waals surface area contributed by atoms with Gasteiger partial charge in [-0.25, -0.2) is 9.18 Å². The molecule has 0 bridgehead atoms. The average molecular weight is 364 g/mol. The highest BCUT2D eigenvalue weighted by Gasteiger charge is 2.28. The summed E-state index contributed by atoms with van der Waals surface area (Å²) in [5.74, 6) is -0.281. The topological polar surface area (TPSA) is 59.1 Å². The number of halogens is 1. The molecule has 2 aliphatic heterocycles. The van der Waals surface area contributed by atoms with Crippen molar-refractivity contribution >= 4 is 6.03 Å². The second-order valence-electron chi connectivity index (χ2n) is 7.11. The SMILES string of the molecule is O=C(NCc1cccc(F)c1)N1CCC(N2CCN(CCO)CC2)CC1. The van der Waals surface area contributed by atoms with E-state index in [0.717, 1.165) is 64.2 Å². The van der Waals surface area contributed by atoms with Crippen LogP contribution in [-0.4, -0.2) is 84.3 Å². The molecule has 0 aromatic heterocycles. The molecule has 7 heteroatoms. The first-order valence-electron chi connectivity index (χ1n) is 9.50. The van der Waals surface area contributed by atoms with Gasteiger partial charge >= 0.3 is 6.03 Å². The largest absolute Gasteiger partial charge is 0.395 e. The maximum Gasteiger partial charge on any atom is 0.317 e. The number of piperazine rings is 1. The Morgan fingerprint density at radius 3 is 2.54 bits per heavy atom. The molecule has 0 saturated carbocycles. The fourth-order valence-electron chi connectivity index (χ4n) is 3.86. The number of piperidine rings is 1. The molecule has 26 heavy (non-hydrogen) atoms. The first-order chi connectivity index (χ1) is 12.7. The van der Waals surface area contributed by atoms with E-state index in [1.807, 2.05) is 11.0 Å². The number of nitrogens with one attached hydrogen (secondary N) is 1. The number of nitrogens with zero attached hydrogens (tertiary/aromatic N) is 3. The summed E-state index contributed by atoms with van der Waals surface area (Å²) in [6.45, 7) is 6.95. The third-order valence-electron chi connectivity index (χ3n) is 5.42. The molecule has 0 atom stereocenters. The normalized spacial score (nSPS) is 20.3. The maximum absolute atomic E-state index is 13.2. The number of amides is 2. The summed E-state index contributed by atoms with van der Waals surface area (Å²) in [7, 11) is 0. The fraction of sp³-hybridized carbons (Fsp3) is 0.632. The standard InChI is InChI=1S/C19H29FN4O2/c20-17-3-1-2-16(14-17)15-21-19(26)24-6-4-18(5-7-24)23-10-8-22(9-11-23)12-13-25/h1-3,14,18,25H,4-13,15H2,(H,21,26). The van der Waals surface area contributed by atoms with Crippen LogP contribution in [-0.2, 0) is 6.54 Å². The highest BCUT2D eigenvalue weighted by molar-refractivity contribution is 5.74. The molecule has 0 unspecified atom stereocenters. The zero-order valence-electron chi connectivity index (χ0n) is 15.2. The third-order valence-corrected chi connectivity index (χ3v) is 5.42. The van der Waals surface area contributed by atoms with E-state index >= 15 is 0 Å². The van der Waals surface area contributed by atoms with Crippen molar-refractivity contribution in [3.8, 4) is 0 Å². The Morgan fingerprint density at radius 1 is 1.15 bits per heavy atom. The molecule has 2 fully saturated rings. The van der Waals surface area contributed by atoms with Gasteiger partial charge in [-0.1, -0.05) is 12.1 Å². The number of aliphatic hydroxyl groups excluding tert-OH is 1. The number of carbonyl (C=O) groups excluding carboxylic acids is 1.